The van der Waals surface area contributed by atoms with Gasteiger partial charge in [0, 0.05) is 23.0 Å². The van der Waals surface area contributed by atoms with Crippen molar-refractivity contribution in [3.8, 4) is 5.75 Å². The standard InChI is InChI=1S/C25H27BrN2O5/c1-32-20-5-2-4-18(16-20)23(29)21-22(17-6-8-19(26)9-7-17)28(25(31)24(21)30)11-3-10-27-12-14-33-15-13-27/h2,4-9,16,22,29H,3,10-15H2,1H3. The fraction of sp³-hybridized carbons (Fsp3) is 0.360. The lowest BCUT2D eigenvalue weighted by Gasteiger charge is -2.29. The second kappa shape index (κ2) is 10.5. The predicted molar refractivity (Wildman–Crippen MR) is 125 cm³/mol. The van der Waals surface area contributed by atoms with Crippen LogP contribution in [0.1, 0.15) is 23.6 Å². The minimum Gasteiger partial charge on any atom is -0.872 e. The number of hydrogen-bond acceptors (Lipinski definition) is 5. The fourth-order valence-electron chi connectivity index (χ4n) is 4.42. The molecular weight excluding hydrogens is 488 g/mol. The average Bonchev–Trinajstić information content (AvgIpc) is 3.10. The number of Topliss-reactive ketones (excluding diaryl/α,β-unsaturated/α-hetero) is 1. The molecule has 2 aliphatic rings. The summed E-state index contributed by atoms with van der Waals surface area (Å²) >= 11 is 3.43. The first-order valence-corrected chi connectivity index (χ1v) is 11.9. The number of halogens is 1. The summed E-state index contributed by atoms with van der Waals surface area (Å²) in [6.07, 6.45) is 0.738. The number of ether oxygens (including phenoxy) is 2. The van der Waals surface area contributed by atoms with Crippen LogP contribution in [0.5, 0.6) is 5.75 Å². The minimum absolute atomic E-state index is 0.00528. The number of rotatable bonds is 7. The molecule has 0 aliphatic carbocycles. The molecule has 2 heterocycles. The van der Waals surface area contributed by atoms with Gasteiger partial charge in [-0.05, 0) is 35.4 Å². The first kappa shape index (κ1) is 23.5. The fourth-order valence-corrected chi connectivity index (χ4v) is 4.69. The molecule has 7 nitrogen and oxygen atoms in total. The van der Waals surface area contributed by atoms with Crippen molar-refractivity contribution in [2.45, 2.75) is 12.5 Å². The molecule has 2 fully saturated rings. The van der Waals surface area contributed by atoms with Crippen molar-refractivity contribution in [3.05, 3.63) is 69.7 Å². The number of methoxy groups -OCH3 is 1. The minimum atomic E-state index is -0.727. The lowest BCUT2D eigenvalue weighted by atomic mass is 9.95. The number of amides is 1. The van der Waals surface area contributed by atoms with E-state index >= 15 is 0 Å². The maximum Gasteiger partial charge on any atom is 0.295 e. The molecule has 0 radical (unpaired) electrons. The van der Waals surface area contributed by atoms with E-state index in [1.807, 2.05) is 24.3 Å². The molecule has 0 bridgehead atoms. The van der Waals surface area contributed by atoms with E-state index in [0.29, 0.717) is 17.9 Å². The van der Waals surface area contributed by atoms with Gasteiger partial charge in [0.05, 0.1) is 32.9 Å². The Kier molecular flexibility index (Phi) is 7.47. The molecule has 174 valence electrons. The normalized spacial score (nSPS) is 20.9. The van der Waals surface area contributed by atoms with Crippen LogP contribution in [0.2, 0.25) is 0 Å². The summed E-state index contributed by atoms with van der Waals surface area (Å²) in [4.78, 5) is 29.1. The van der Waals surface area contributed by atoms with Crippen molar-refractivity contribution >= 4 is 33.4 Å². The molecule has 1 N–H and O–H groups in total. The number of nitrogens with zero attached hydrogens (tertiary/aromatic N) is 1. The molecule has 1 unspecified atom stereocenters. The van der Waals surface area contributed by atoms with Gasteiger partial charge in [-0.3, -0.25) is 9.59 Å². The van der Waals surface area contributed by atoms with Gasteiger partial charge in [0.15, 0.2) is 0 Å². The summed E-state index contributed by atoms with van der Waals surface area (Å²) in [6, 6.07) is 13.4. The van der Waals surface area contributed by atoms with Crippen molar-refractivity contribution in [3.63, 3.8) is 0 Å². The average molecular weight is 515 g/mol. The van der Waals surface area contributed by atoms with Crippen molar-refractivity contribution in [1.29, 1.82) is 0 Å². The monoisotopic (exact) mass is 514 g/mol. The first-order chi connectivity index (χ1) is 16.0. The maximum absolute atomic E-state index is 13.5. The molecular formula is C25H27BrN2O5. The Balaban J connectivity index is 1.67. The van der Waals surface area contributed by atoms with Gasteiger partial charge < -0.3 is 24.4 Å². The molecule has 2 aromatic carbocycles. The molecule has 33 heavy (non-hydrogen) atoms. The lowest BCUT2D eigenvalue weighted by Crippen LogP contribution is -3.14. The second-order valence-electron chi connectivity index (χ2n) is 8.22. The van der Waals surface area contributed by atoms with Crippen LogP contribution in [0.4, 0.5) is 0 Å². The molecule has 2 saturated heterocycles. The number of ketones is 1. The van der Waals surface area contributed by atoms with E-state index in [2.05, 4.69) is 15.9 Å². The van der Waals surface area contributed by atoms with E-state index in [0.717, 1.165) is 49.3 Å². The van der Waals surface area contributed by atoms with E-state index in [4.69, 9.17) is 9.47 Å². The Morgan fingerprint density at radius 2 is 1.91 bits per heavy atom. The molecule has 4 rings (SSSR count). The van der Waals surface area contributed by atoms with Crippen LogP contribution in [-0.2, 0) is 14.3 Å². The summed E-state index contributed by atoms with van der Waals surface area (Å²) in [5, 5.41) is 13.5. The van der Waals surface area contributed by atoms with E-state index < -0.39 is 23.5 Å². The number of carbonyl (C=O) groups is 2. The van der Waals surface area contributed by atoms with Gasteiger partial charge in [-0.2, -0.15) is 0 Å². The van der Waals surface area contributed by atoms with E-state index in [-0.39, 0.29) is 5.57 Å². The van der Waals surface area contributed by atoms with E-state index in [1.165, 1.54) is 12.0 Å². The summed E-state index contributed by atoms with van der Waals surface area (Å²) in [5.74, 6) is -1.27. The molecule has 1 amide bonds. The molecule has 2 aromatic rings. The maximum atomic E-state index is 13.5. The largest absolute Gasteiger partial charge is 0.872 e. The lowest BCUT2D eigenvalue weighted by molar-refractivity contribution is -0.908. The smallest absolute Gasteiger partial charge is 0.295 e. The van der Waals surface area contributed by atoms with E-state index in [9.17, 15) is 14.7 Å². The van der Waals surface area contributed by atoms with Gasteiger partial charge >= 0.3 is 0 Å². The van der Waals surface area contributed by atoms with Crippen LogP contribution in [0, 0.1) is 0 Å². The first-order valence-electron chi connectivity index (χ1n) is 11.1. The van der Waals surface area contributed by atoms with Gasteiger partial charge in [-0.1, -0.05) is 46.0 Å². The van der Waals surface area contributed by atoms with Gasteiger partial charge in [0.1, 0.15) is 18.8 Å². The van der Waals surface area contributed by atoms with Gasteiger partial charge in [-0.15, -0.1) is 0 Å². The van der Waals surface area contributed by atoms with Crippen LogP contribution in [-0.4, -0.2) is 63.1 Å². The highest BCUT2D eigenvalue weighted by atomic mass is 79.9. The van der Waals surface area contributed by atoms with E-state index in [1.54, 1.807) is 29.2 Å². The summed E-state index contributed by atoms with van der Waals surface area (Å²) in [7, 11) is 1.52. The second-order valence-corrected chi connectivity index (χ2v) is 9.14. The third-order valence-electron chi connectivity index (χ3n) is 6.18. The molecule has 1 atom stereocenters. The Morgan fingerprint density at radius 3 is 2.61 bits per heavy atom. The van der Waals surface area contributed by atoms with Gasteiger partial charge in [0.25, 0.3) is 5.91 Å². The highest BCUT2D eigenvalue weighted by Gasteiger charge is 2.44. The Labute approximate surface area is 201 Å². The molecule has 0 aromatic heterocycles. The van der Waals surface area contributed by atoms with Crippen molar-refractivity contribution in [2.75, 3.05) is 46.5 Å². The molecule has 0 saturated carbocycles. The third-order valence-corrected chi connectivity index (χ3v) is 6.71. The van der Waals surface area contributed by atoms with Crippen LogP contribution in [0.3, 0.4) is 0 Å². The van der Waals surface area contributed by atoms with Crippen molar-refractivity contribution in [1.82, 2.24) is 4.90 Å². The number of carbonyl (C=O) groups excluding carboxylic acids is 2. The number of quaternary nitrogens is 1. The predicted octanol–water partition coefficient (Wildman–Crippen LogP) is 0.987. The number of morpholine rings is 1. The quantitative estimate of drug-likeness (QED) is 0.338. The zero-order valence-electron chi connectivity index (χ0n) is 18.5. The SMILES string of the molecule is COc1cccc(C([O-])=C2C(=O)C(=O)N(CCC[NH+]3CCOCC3)C2c2ccc(Br)cc2)c1. The highest BCUT2D eigenvalue weighted by molar-refractivity contribution is 9.10. The Morgan fingerprint density at radius 1 is 1.18 bits per heavy atom. The van der Waals surface area contributed by atoms with Gasteiger partial charge in [-0.25, -0.2) is 0 Å². The summed E-state index contributed by atoms with van der Waals surface area (Å²) < 4.78 is 11.5. The Bertz CT molecular complexity index is 1050. The zero-order chi connectivity index (χ0) is 23.4. The van der Waals surface area contributed by atoms with Crippen LogP contribution < -0.4 is 14.7 Å². The van der Waals surface area contributed by atoms with Crippen LogP contribution >= 0.6 is 15.9 Å². The number of likely N-dealkylation sites (tertiary alicyclic amines) is 1. The number of nitrogens with one attached hydrogen (secondary N) is 1. The molecule has 2 aliphatic heterocycles. The number of benzene rings is 2. The number of hydrogen-bond donors (Lipinski definition) is 1. The zero-order valence-corrected chi connectivity index (χ0v) is 20.1. The highest BCUT2D eigenvalue weighted by Crippen LogP contribution is 2.39. The van der Waals surface area contributed by atoms with Crippen LogP contribution in [0.15, 0.2) is 58.6 Å². The van der Waals surface area contributed by atoms with Gasteiger partial charge in [0.2, 0.25) is 5.78 Å². The topological polar surface area (TPSA) is 83.3 Å². The summed E-state index contributed by atoms with van der Waals surface area (Å²) in [6.45, 7) is 4.65. The Hall–Kier alpha value is -2.68. The van der Waals surface area contributed by atoms with Crippen molar-refractivity contribution < 1.29 is 29.1 Å². The third kappa shape index (κ3) is 5.13. The van der Waals surface area contributed by atoms with Crippen LogP contribution in [0.25, 0.3) is 5.76 Å². The molecule has 8 heteroatoms. The molecule has 0 spiro atoms. The summed E-state index contributed by atoms with van der Waals surface area (Å²) in [5.41, 5.74) is 1.06. The van der Waals surface area contributed by atoms with Crippen molar-refractivity contribution in [2.24, 2.45) is 0 Å².